The van der Waals surface area contributed by atoms with E-state index in [-0.39, 0.29) is 0 Å². The van der Waals surface area contributed by atoms with Crippen molar-refractivity contribution in [3.63, 3.8) is 0 Å². The number of aromatic nitrogens is 1. The van der Waals surface area contributed by atoms with Gasteiger partial charge in [0, 0.05) is 25.3 Å². The summed E-state index contributed by atoms with van der Waals surface area (Å²) in [4.78, 5) is 7.07. The maximum atomic E-state index is 4.68. The second-order valence-corrected chi connectivity index (χ2v) is 5.20. The predicted molar refractivity (Wildman–Crippen MR) is 83.7 cm³/mol. The van der Waals surface area contributed by atoms with Gasteiger partial charge in [-0.2, -0.15) is 0 Å². The van der Waals surface area contributed by atoms with Gasteiger partial charge in [-0.3, -0.25) is 0 Å². The summed E-state index contributed by atoms with van der Waals surface area (Å²) in [5.41, 5.74) is 2.55. The van der Waals surface area contributed by atoms with Gasteiger partial charge in [-0.05, 0) is 57.4 Å². The SMILES string of the molecule is CCCNCc1cnc(N(CC)C(C)CC)c(C)c1. The molecular formula is C16H29N3. The van der Waals surface area contributed by atoms with Crippen LogP contribution in [0.3, 0.4) is 0 Å². The summed E-state index contributed by atoms with van der Waals surface area (Å²) in [5.74, 6) is 1.14. The van der Waals surface area contributed by atoms with E-state index >= 15 is 0 Å². The molecule has 1 atom stereocenters. The van der Waals surface area contributed by atoms with Crippen LogP contribution in [-0.4, -0.2) is 24.1 Å². The first-order valence-corrected chi connectivity index (χ1v) is 7.56. The third-order valence-electron chi connectivity index (χ3n) is 3.60. The van der Waals surface area contributed by atoms with Crippen molar-refractivity contribution in [2.45, 2.75) is 60.0 Å². The van der Waals surface area contributed by atoms with Crippen molar-refractivity contribution in [2.75, 3.05) is 18.0 Å². The maximum absolute atomic E-state index is 4.68. The van der Waals surface area contributed by atoms with Gasteiger partial charge in [0.2, 0.25) is 0 Å². The van der Waals surface area contributed by atoms with E-state index in [0.717, 1.165) is 31.9 Å². The van der Waals surface area contributed by atoms with Gasteiger partial charge < -0.3 is 10.2 Å². The molecule has 1 aromatic rings. The minimum atomic E-state index is 0.542. The highest BCUT2D eigenvalue weighted by Gasteiger charge is 2.14. The number of hydrogen-bond donors (Lipinski definition) is 1. The zero-order chi connectivity index (χ0) is 14.3. The van der Waals surface area contributed by atoms with Crippen LogP contribution in [0.5, 0.6) is 0 Å². The van der Waals surface area contributed by atoms with E-state index in [9.17, 15) is 0 Å². The molecule has 0 bridgehead atoms. The highest BCUT2D eigenvalue weighted by atomic mass is 15.2. The van der Waals surface area contributed by atoms with Gasteiger partial charge >= 0.3 is 0 Å². The van der Waals surface area contributed by atoms with Gasteiger partial charge in [0.15, 0.2) is 0 Å². The Labute approximate surface area is 118 Å². The Hall–Kier alpha value is -1.09. The topological polar surface area (TPSA) is 28.2 Å². The van der Waals surface area contributed by atoms with Gasteiger partial charge in [-0.1, -0.05) is 13.8 Å². The van der Waals surface area contributed by atoms with E-state index in [4.69, 9.17) is 0 Å². The smallest absolute Gasteiger partial charge is 0.131 e. The largest absolute Gasteiger partial charge is 0.354 e. The predicted octanol–water partition coefficient (Wildman–Crippen LogP) is 3.51. The van der Waals surface area contributed by atoms with Crippen LogP contribution in [0.1, 0.15) is 51.7 Å². The molecule has 0 aliphatic rings. The molecule has 0 aliphatic heterocycles. The summed E-state index contributed by atoms with van der Waals surface area (Å²) in [6.45, 7) is 14.0. The third kappa shape index (κ3) is 4.50. The van der Waals surface area contributed by atoms with Crippen LogP contribution in [0, 0.1) is 6.92 Å². The molecule has 0 aromatic carbocycles. The normalized spacial score (nSPS) is 12.5. The molecule has 0 fully saturated rings. The highest BCUT2D eigenvalue weighted by Crippen LogP contribution is 2.21. The molecule has 1 unspecified atom stereocenters. The molecule has 0 aliphatic carbocycles. The molecule has 0 radical (unpaired) electrons. The first-order valence-electron chi connectivity index (χ1n) is 7.56. The van der Waals surface area contributed by atoms with Crippen molar-refractivity contribution in [3.8, 4) is 0 Å². The van der Waals surface area contributed by atoms with Gasteiger partial charge in [-0.25, -0.2) is 4.98 Å². The highest BCUT2D eigenvalue weighted by molar-refractivity contribution is 5.48. The summed E-state index contributed by atoms with van der Waals surface area (Å²) in [5, 5.41) is 3.42. The first-order chi connectivity index (χ1) is 9.13. The standard InChI is InChI=1S/C16H29N3/c1-6-9-17-11-15-10-13(4)16(18-12-15)19(8-3)14(5)7-2/h10,12,14,17H,6-9,11H2,1-5H3. The summed E-state index contributed by atoms with van der Waals surface area (Å²) < 4.78 is 0. The first kappa shape index (κ1) is 16.0. The van der Waals surface area contributed by atoms with Crippen molar-refractivity contribution in [1.82, 2.24) is 10.3 Å². The van der Waals surface area contributed by atoms with Crippen LogP contribution in [0.4, 0.5) is 5.82 Å². The summed E-state index contributed by atoms with van der Waals surface area (Å²) in [7, 11) is 0. The second kappa shape index (κ2) is 8.16. The van der Waals surface area contributed by atoms with Crippen LogP contribution in [0.2, 0.25) is 0 Å². The van der Waals surface area contributed by atoms with Crippen molar-refractivity contribution in [1.29, 1.82) is 0 Å². The van der Waals surface area contributed by atoms with E-state index < -0.39 is 0 Å². The fraction of sp³-hybridized carbons (Fsp3) is 0.688. The van der Waals surface area contributed by atoms with E-state index in [1.807, 2.05) is 6.20 Å². The minimum Gasteiger partial charge on any atom is -0.354 e. The maximum Gasteiger partial charge on any atom is 0.131 e. The molecule has 1 rings (SSSR count). The van der Waals surface area contributed by atoms with Gasteiger partial charge in [0.25, 0.3) is 0 Å². The number of hydrogen-bond acceptors (Lipinski definition) is 3. The molecule has 1 aromatic heterocycles. The number of pyridine rings is 1. The molecule has 0 amide bonds. The zero-order valence-electron chi connectivity index (χ0n) is 13.2. The molecule has 0 saturated heterocycles. The molecule has 1 N–H and O–H groups in total. The Kier molecular flexibility index (Phi) is 6.85. The van der Waals surface area contributed by atoms with E-state index in [0.29, 0.717) is 6.04 Å². The summed E-state index contributed by atoms with van der Waals surface area (Å²) in [6, 6.07) is 2.80. The second-order valence-electron chi connectivity index (χ2n) is 5.20. The van der Waals surface area contributed by atoms with Gasteiger partial charge in [0.05, 0.1) is 0 Å². The monoisotopic (exact) mass is 263 g/mol. The Morgan fingerprint density at radius 2 is 2.05 bits per heavy atom. The molecule has 3 heteroatoms. The van der Waals surface area contributed by atoms with Crippen LogP contribution in [-0.2, 0) is 6.54 Å². The van der Waals surface area contributed by atoms with Crippen molar-refractivity contribution in [3.05, 3.63) is 23.4 Å². The molecule has 3 nitrogen and oxygen atoms in total. The molecular weight excluding hydrogens is 234 g/mol. The van der Waals surface area contributed by atoms with Crippen LogP contribution >= 0.6 is 0 Å². The van der Waals surface area contributed by atoms with Crippen molar-refractivity contribution < 1.29 is 0 Å². The van der Waals surface area contributed by atoms with Crippen LogP contribution in [0.25, 0.3) is 0 Å². The fourth-order valence-electron chi connectivity index (χ4n) is 2.32. The zero-order valence-corrected chi connectivity index (χ0v) is 13.2. The van der Waals surface area contributed by atoms with Crippen LogP contribution in [0.15, 0.2) is 12.3 Å². The lowest BCUT2D eigenvalue weighted by Gasteiger charge is -2.29. The van der Waals surface area contributed by atoms with Crippen molar-refractivity contribution in [2.24, 2.45) is 0 Å². The van der Waals surface area contributed by atoms with E-state index in [2.05, 4.69) is 55.9 Å². The quantitative estimate of drug-likeness (QED) is 0.727. The minimum absolute atomic E-state index is 0.542. The average molecular weight is 263 g/mol. The number of aryl methyl sites for hydroxylation is 1. The lowest BCUT2D eigenvalue weighted by molar-refractivity contribution is 0.620. The Balaban J connectivity index is 2.80. The molecule has 19 heavy (non-hydrogen) atoms. The van der Waals surface area contributed by atoms with E-state index in [1.165, 1.54) is 17.5 Å². The lowest BCUT2D eigenvalue weighted by atomic mass is 10.1. The van der Waals surface area contributed by atoms with Crippen molar-refractivity contribution >= 4 is 5.82 Å². The summed E-state index contributed by atoms with van der Waals surface area (Å²) in [6.07, 6.45) is 4.33. The Morgan fingerprint density at radius 1 is 1.32 bits per heavy atom. The Bertz CT molecular complexity index is 376. The molecule has 108 valence electrons. The lowest BCUT2D eigenvalue weighted by Crippen LogP contribution is -2.33. The summed E-state index contributed by atoms with van der Waals surface area (Å²) >= 11 is 0. The van der Waals surface area contributed by atoms with Crippen LogP contribution < -0.4 is 10.2 Å². The third-order valence-corrected chi connectivity index (χ3v) is 3.60. The number of nitrogens with one attached hydrogen (secondary N) is 1. The molecule has 0 saturated carbocycles. The van der Waals surface area contributed by atoms with E-state index in [1.54, 1.807) is 0 Å². The average Bonchev–Trinajstić information content (AvgIpc) is 2.41. The van der Waals surface area contributed by atoms with Gasteiger partial charge in [0.1, 0.15) is 5.82 Å². The number of nitrogens with zero attached hydrogens (tertiary/aromatic N) is 2. The van der Waals surface area contributed by atoms with Gasteiger partial charge in [-0.15, -0.1) is 0 Å². The fourth-order valence-corrected chi connectivity index (χ4v) is 2.32. The molecule has 0 spiro atoms. The number of anilines is 1. The number of rotatable bonds is 8. The molecule has 1 heterocycles. The Morgan fingerprint density at radius 3 is 2.58 bits per heavy atom.